The molecule has 0 aliphatic rings. The summed E-state index contributed by atoms with van der Waals surface area (Å²) < 4.78 is 29.3. The first-order valence-corrected chi connectivity index (χ1v) is 12.9. The molecule has 0 saturated carbocycles. The van der Waals surface area contributed by atoms with Crippen LogP contribution in [-0.2, 0) is 23.1 Å². The fourth-order valence-electron chi connectivity index (χ4n) is 2.95. The Kier molecular flexibility index (Phi) is 16.7. The van der Waals surface area contributed by atoms with Gasteiger partial charge in [-0.3, -0.25) is 13.8 Å². The molecule has 0 radical (unpaired) electrons. The molecule has 1 unspecified atom stereocenters. The molecular weight excluding hydrogens is 425 g/mol. The van der Waals surface area contributed by atoms with Crippen LogP contribution < -0.4 is 0 Å². The number of quaternary nitrogens is 1. The molecule has 9 nitrogen and oxygen atoms in total. The number of rotatable bonds is 21. The fraction of sp³-hybridized carbons (Fsp3) is 0.952. The van der Waals surface area contributed by atoms with Crippen LogP contribution in [0.1, 0.15) is 71.1 Å². The molecule has 0 bridgehead atoms. The molecule has 0 saturated heterocycles. The van der Waals surface area contributed by atoms with Crippen LogP contribution in [0, 0.1) is 0 Å². The average molecular weight is 471 g/mol. The van der Waals surface area contributed by atoms with E-state index in [-0.39, 0.29) is 26.2 Å². The Balaban J connectivity index is 4.77. The summed E-state index contributed by atoms with van der Waals surface area (Å²) in [6, 6.07) is 0. The molecule has 0 amide bonds. The zero-order valence-corrected chi connectivity index (χ0v) is 20.7. The number of carboxylic acids is 1. The highest BCUT2D eigenvalue weighted by Gasteiger charge is 2.32. The lowest BCUT2D eigenvalue weighted by Crippen LogP contribution is -2.38. The highest BCUT2D eigenvalue weighted by molar-refractivity contribution is 7.47. The van der Waals surface area contributed by atoms with E-state index in [0.29, 0.717) is 30.3 Å². The standard InChI is InChI=1S/C21H44NO8P/c1-5-6-7-8-9-10-13-19(20(18-23)28-16-12-11-14-21(24)25)30-31(26,27)29-17-15-22(2,3)4/h19-20,23H,5-18H2,1-4H3,(H-,24,25,26,27)/p+1/t19-,20+/m1/s1. The second-order valence-corrected chi connectivity index (χ2v) is 10.4. The molecule has 0 aliphatic heterocycles. The number of hydrogen-bond acceptors (Lipinski definition) is 6. The quantitative estimate of drug-likeness (QED) is 0.132. The first kappa shape index (κ1) is 30.5. The van der Waals surface area contributed by atoms with Gasteiger partial charge in [0.2, 0.25) is 0 Å². The maximum absolute atomic E-state index is 12.5. The molecule has 0 spiro atoms. The van der Waals surface area contributed by atoms with Gasteiger partial charge in [0.15, 0.2) is 0 Å². The number of aliphatic carboxylic acids is 1. The van der Waals surface area contributed by atoms with Crippen molar-refractivity contribution < 1.29 is 42.7 Å². The van der Waals surface area contributed by atoms with E-state index in [9.17, 15) is 19.4 Å². The third-order valence-electron chi connectivity index (χ3n) is 4.84. The lowest BCUT2D eigenvalue weighted by Gasteiger charge is -2.28. The Morgan fingerprint density at radius 1 is 0.968 bits per heavy atom. The smallest absolute Gasteiger partial charge is 0.472 e. The predicted octanol–water partition coefficient (Wildman–Crippen LogP) is 3.58. The largest absolute Gasteiger partial charge is 0.481 e. The number of phosphoric acid groups is 1. The van der Waals surface area contributed by atoms with Crippen molar-refractivity contribution in [1.29, 1.82) is 0 Å². The molecule has 0 aromatic carbocycles. The van der Waals surface area contributed by atoms with Crippen molar-refractivity contribution in [2.45, 2.75) is 83.3 Å². The van der Waals surface area contributed by atoms with Gasteiger partial charge < -0.3 is 24.3 Å². The minimum Gasteiger partial charge on any atom is -0.481 e. The number of likely N-dealkylation sites (N-methyl/N-ethyl adjacent to an activating group) is 1. The maximum Gasteiger partial charge on any atom is 0.472 e. The van der Waals surface area contributed by atoms with Gasteiger partial charge in [0.1, 0.15) is 19.3 Å². The van der Waals surface area contributed by atoms with E-state index in [0.717, 1.165) is 32.1 Å². The summed E-state index contributed by atoms with van der Waals surface area (Å²) in [5, 5.41) is 18.5. The van der Waals surface area contributed by atoms with Crippen LogP contribution in [0.5, 0.6) is 0 Å². The summed E-state index contributed by atoms with van der Waals surface area (Å²) in [6.45, 7) is 2.65. The molecule has 10 heteroatoms. The first-order chi connectivity index (χ1) is 14.5. The number of hydrogen-bond donors (Lipinski definition) is 3. The van der Waals surface area contributed by atoms with E-state index in [4.69, 9.17) is 18.9 Å². The maximum atomic E-state index is 12.5. The zero-order valence-electron chi connectivity index (χ0n) is 19.8. The predicted molar refractivity (Wildman–Crippen MR) is 120 cm³/mol. The Morgan fingerprint density at radius 2 is 1.61 bits per heavy atom. The minimum atomic E-state index is -4.30. The van der Waals surface area contributed by atoms with Crippen molar-refractivity contribution >= 4 is 13.8 Å². The van der Waals surface area contributed by atoms with Gasteiger partial charge in [0.05, 0.1) is 33.9 Å². The van der Waals surface area contributed by atoms with Crippen LogP contribution in [0.25, 0.3) is 0 Å². The van der Waals surface area contributed by atoms with Gasteiger partial charge in [-0.15, -0.1) is 0 Å². The van der Waals surface area contributed by atoms with Gasteiger partial charge in [-0.05, 0) is 19.3 Å². The van der Waals surface area contributed by atoms with Crippen molar-refractivity contribution in [2.24, 2.45) is 0 Å². The number of carbonyl (C=O) groups is 1. The van der Waals surface area contributed by atoms with E-state index in [2.05, 4.69) is 6.92 Å². The highest BCUT2D eigenvalue weighted by Crippen LogP contribution is 2.46. The molecular formula is C21H45NO8P+. The van der Waals surface area contributed by atoms with Crippen LogP contribution in [0.3, 0.4) is 0 Å². The van der Waals surface area contributed by atoms with Crippen LogP contribution in [0.4, 0.5) is 0 Å². The van der Waals surface area contributed by atoms with E-state index in [1.165, 1.54) is 6.42 Å². The second-order valence-electron chi connectivity index (χ2n) is 8.96. The highest BCUT2D eigenvalue weighted by atomic mass is 31.2. The molecule has 0 aromatic heterocycles. The summed E-state index contributed by atoms with van der Waals surface area (Å²) in [5.74, 6) is -0.866. The number of carboxylic acid groups (broad SMARTS) is 1. The lowest BCUT2D eigenvalue weighted by atomic mass is 10.0. The molecule has 186 valence electrons. The van der Waals surface area contributed by atoms with Crippen molar-refractivity contribution in [1.82, 2.24) is 0 Å². The van der Waals surface area contributed by atoms with Gasteiger partial charge in [0.25, 0.3) is 0 Å². The van der Waals surface area contributed by atoms with E-state index in [1.807, 2.05) is 21.1 Å². The molecule has 3 N–H and O–H groups in total. The monoisotopic (exact) mass is 470 g/mol. The number of ether oxygens (including phenoxy) is 1. The van der Waals surface area contributed by atoms with Gasteiger partial charge in [0, 0.05) is 13.0 Å². The normalized spacial score (nSPS) is 16.1. The fourth-order valence-corrected chi connectivity index (χ4v) is 3.91. The summed E-state index contributed by atoms with van der Waals surface area (Å²) >= 11 is 0. The number of aliphatic hydroxyl groups is 1. The summed E-state index contributed by atoms with van der Waals surface area (Å²) in [4.78, 5) is 20.8. The van der Waals surface area contributed by atoms with Gasteiger partial charge >= 0.3 is 13.8 Å². The van der Waals surface area contributed by atoms with Crippen molar-refractivity contribution in [2.75, 3.05) is 47.5 Å². The lowest BCUT2D eigenvalue weighted by molar-refractivity contribution is -0.870. The summed E-state index contributed by atoms with van der Waals surface area (Å²) in [5.41, 5.74) is 0. The zero-order chi connectivity index (χ0) is 23.8. The van der Waals surface area contributed by atoms with Gasteiger partial charge in [-0.1, -0.05) is 45.4 Å². The van der Waals surface area contributed by atoms with Crippen LogP contribution in [-0.4, -0.2) is 85.3 Å². The molecule has 0 aliphatic carbocycles. The Bertz CT molecular complexity index is 512. The third-order valence-corrected chi connectivity index (χ3v) is 5.88. The number of aliphatic hydroxyl groups excluding tert-OH is 1. The molecule has 0 aromatic rings. The van der Waals surface area contributed by atoms with Crippen molar-refractivity contribution in [3.05, 3.63) is 0 Å². The number of unbranched alkanes of at least 4 members (excludes halogenated alkanes) is 6. The molecule has 0 fully saturated rings. The van der Waals surface area contributed by atoms with Crippen molar-refractivity contribution in [3.63, 3.8) is 0 Å². The summed E-state index contributed by atoms with van der Waals surface area (Å²) in [7, 11) is 1.55. The number of phosphoric ester groups is 1. The molecule has 31 heavy (non-hydrogen) atoms. The van der Waals surface area contributed by atoms with Crippen LogP contribution >= 0.6 is 7.82 Å². The second kappa shape index (κ2) is 17.0. The van der Waals surface area contributed by atoms with Crippen LogP contribution in [0.2, 0.25) is 0 Å². The molecule has 0 heterocycles. The summed E-state index contributed by atoms with van der Waals surface area (Å²) in [6.07, 6.45) is 6.27. The Morgan fingerprint density at radius 3 is 2.19 bits per heavy atom. The molecule has 0 rings (SSSR count). The van der Waals surface area contributed by atoms with Crippen molar-refractivity contribution in [3.8, 4) is 0 Å². The topological polar surface area (TPSA) is 123 Å². The minimum absolute atomic E-state index is 0.0524. The van der Waals surface area contributed by atoms with E-state index in [1.54, 1.807) is 0 Å². The average Bonchev–Trinajstić information content (AvgIpc) is 2.65. The van der Waals surface area contributed by atoms with Crippen LogP contribution in [0.15, 0.2) is 0 Å². The molecule has 3 atom stereocenters. The Hall–Kier alpha value is -0.540. The third kappa shape index (κ3) is 18.7. The van der Waals surface area contributed by atoms with Gasteiger partial charge in [-0.2, -0.15) is 0 Å². The van der Waals surface area contributed by atoms with E-state index < -0.39 is 26.0 Å². The first-order valence-electron chi connectivity index (χ1n) is 11.4. The van der Waals surface area contributed by atoms with Gasteiger partial charge in [-0.25, -0.2) is 4.57 Å². The number of nitrogens with zero attached hydrogens (tertiary/aromatic N) is 1. The SMILES string of the molecule is CCCCCCCC[C@@H](OP(=O)(O)OCC[N+](C)(C)C)[C@H](CO)OCCCCC(=O)O. The Labute approximate surface area is 187 Å². The van der Waals surface area contributed by atoms with E-state index >= 15 is 0 Å².